The van der Waals surface area contributed by atoms with Crippen LogP contribution < -0.4 is 0 Å². The first-order chi connectivity index (χ1) is 9.52. The Balaban J connectivity index is 2.24. The van der Waals surface area contributed by atoms with Gasteiger partial charge in [0, 0.05) is 22.8 Å². The van der Waals surface area contributed by atoms with E-state index in [0.717, 1.165) is 15.7 Å². The van der Waals surface area contributed by atoms with E-state index in [1.54, 1.807) is 24.3 Å². The number of aromatic nitrogens is 1. The highest BCUT2D eigenvalue weighted by molar-refractivity contribution is 9.10. The number of ketones is 1. The van der Waals surface area contributed by atoms with E-state index in [0.29, 0.717) is 11.3 Å². The number of hydrogen-bond acceptors (Lipinski definition) is 2. The molecule has 0 aliphatic carbocycles. The normalized spacial score (nSPS) is 10.7. The van der Waals surface area contributed by atoms with Crippen LogP contribution in [-0.2, 0) is 7.05 Å². The van der Waals surface area contributed by atoms with E-state index >= 15 is 0 Å². The molecule has 0 atom stereocenters. The van der Waals surface area contributed by atoms with Crippen molar-refractivity contribution in [3.05, 3.63) is 63.4 Å². The minimum absolute atomic E-state index is 0.0562. The molecule has 0 N–H and O–H groups in total. The number of halogens is 1. The van der Waals surface area contributed by atoms with Crippen molar-refractivity contribution in [3.8, 4) is 6.07 Å². The lowest BCUT2D eigenvalue weighted by molar-refractivity contribution is 0.104. The molecule has 3 nitrogen and oxygen atoms in total. The fourth-order valence-corrected chi connectivity index (χ4v) is 2.14. The van der Waals surface area contributed by atoms with Crippen molar-refractivity contribution in [3.63, 3.8) is 0 Å². The van der Waals surface area contributed by atoms with E-state index in [4.69, 9.17) is 5.26 Å². The summed E-state index contributed by atoms with van der Waals surface area (Å²) in [6, 6.07) is 11.1. The third-order valence-electron chi connectivity index (χ3n) is 3.23. The number of nitriles is 1. The van der Waals surface area contributed by atoms with E-state index in [2.05, 4.69) is 22.0 Å². The van der Waals surface area contributed by atoms with Gasteiger partial charge < -0.3 is 4.57 Å². The van der Waals surface area contributed by atoms with Gasteiger partial charge in [-0.3, -0.25) is 4.79 Å². The third-order valence-corrected chi connectivity index (χ3v) is 3.76. The highest BCUT2D eigenvalue weighted by Crippen LogP contribution is 2.16. The van der Waals surface area contributed by atoms with Crippen LogP contribution in [0.2, 0.25) is 0 Å². The van der Waals surface area contributed by atoms with Crippen molar-refractivity contribution in [2.24, 2.45) is 7.05 Å². The molecule has 0 aliphatic heterocycles. The number of allylic oxidation sites excluding steroid dienone is 1. The van der Waals surface area contributed by atoms with E-state index in [1.165, 1.54) is 6.08 Å². The van der Waals surface area contributed by atoms with Gasteiger partial charge in [0.15, 0.2) is 5.78 Å². The first kappa shape index (κ1) is 14.3. The molecule has 1 aromatic carbocycles. The zero-order valence-electron chi connectivity index (χ0n) is 11.2. The fourth-order valence-electron chi connectivity index (χ4n) is 1.87. The molecule has 0 saturated carbocycles. The van der Waals surface area contributed by atoms with E-state index in [9.17, 15) is 4.79 Å². The minimum atomic E-state index is -0.0562. The maximum atomic E-state index is 12.0. The molecule has 4 heteroatoms. The monoisotopic (exact) mass is 328 g/mol. The predicted molar refractivity (Wildman–Crippen MR) is 82.4 cm³/mol. The highest BCUT2D eigenvalue weighted by Gasteiger charge is 2.07. The summed E-state index contributed by atoms with van der Waals surface area (Å²) in [5.74, 6) is -0.0562. The van der Waals surface area contributed by atoms with Crippen LogP contribution in [0.1, 0.15) is 27.3 Å². The molecule has 0 radical (unpaired) electrons. The Morgan fingerprint density at radius 3 is 2.55 bits per heavy atom. The lowest BCUT2D eigenvalue weighted by Gasteiger charge is -1.98. The van der Waals surface area contributed by atoms with Crippen LogP contribution in [0.25, 0.3) is 6.08 Å². The van der Waals surface area contributed by atoms with Gasteiger partial charge in [-0.2, -0.15) is 5.26 Å². The van der Waals surface area contributed by atoms with Crippen LogP contribution in [0.4, 0.5) is 0 Å². The van der Waals surface area contributed by atoms with Crippen molar-refractivity contribution >= 4 is 27.8 Å². The molecule has 1 aromatic heterocycles. The van der Waals surface area contributed by atoms with Crippen molar-refractivity contribution in [2.75, 3.05) is 0 Å². The molecule has 0 amide bonds. The van der Waals surface area contributed by atoms with Crippen molar-refractivity contribution in [1.82, 2.24) is 4.57 Å². The standard InChI is InChI=1S/C16H13BrN2O/c1-11-13(9-15(10-18)19(11)2)5-8-16(20)12-3-6-14(17)7-4-12/h3-9H,1-2H3/b8-5+. The molecular formula is C16H13BrN2O. The topological polar surface area (TPSA) is 45.8 Å². The van der Waals surface area contributed by atoms with Crippen LogP contribution in [0, 0.1) is 18.3 Å². The highest BCUT2D eigenvalue weighted by atomic mass is 79.9. The summed E-state index contributed by atoms with van der Waals surface area (Å²) >= 11 is 3.34. The van der Waals surface area contributed by atoms with Gasteiger partial charge in [0.1, 0.15) is 11.8 Å². The first-order valence-corrected chi connectivity index (χ1v) is 6.86. The van der Waals surface area contributed by atoms with Gasteiger partial charge in [-0.15, -0.1) is 0 Å². The van der Waals surface area contributed by atoms with Gasteiger partial charge in [-0.25, -0.2) is 0 Å². The Bertz CT molecular complexity index is 718. The summed E-state index contributed by atoms with van der Waals surface area (Å²) in [4.78, 5) is 12.0. The average Bonchev–Trinajstić information content (AvgIpc) is 2.73. The third kappa shape index (κ3) is 2.89. The zero-order valence-corrected chi connectivity index (χ0v) is 12.8. The van der Waals surface area contributed by atoms with Crippen molar-refractivity contribution in [1.29, 1.82) is 5.26 Å². The smallest absolute Gasteiger partial charge is 0.185 e. The SMILES string of the molecule is Cc1c(/C=C/C(=O)c2ccc(Br)cc2)cc(C#N)n1C. The average molecular weight is 329 g/mol. The largest absolute Gasteiger partial charge is 0.339 e. The molecular weight excluding hydrogens is 316 g/mol. The molecule has 100 valence electrons. The second-order valence-electron chi connectivity index (χ2n) is 4.45. The van der Waals surface area contributed by atoms with Crippen molar-refractivity contribution in [2.45, 2.75) is 6.92 Å². The summed E-state index contributed by atoms with van der Waals surface area (Å²) in [7, 11) is 1.84. The predicted octanol–water partition coefficient (Wildman–Crippen LogP) is 3.86. The lowest BCUT2D eigenvalue weighted by atomic mass is 10.1. The van der Waals surface area contributed by atoms with E-state index < -0.39 is 0 Å². The van der Waals surface area contributed by atoms with E-state index in [1.807, 2.05) is 30.7 Å². The quantitative estimate of drug-likeness (QED) is 0.634. The van der Waals surface area contributed by atoms with Crippen LogP contribution in [-0.4, -0.2) is 10.4 Å². The molecule has 0 aliphatic rings. The summed E-state index contributed by atoms with van der Waals surface area (Å²) in [5, 5.41) is 8.97. The number of carbonyl (C=O) groups excluding carboxylic acids is 1. The Kier molecular flexibility index (Phi) is 4.21. The minimum Gasteiger partial charge on any atom is -0.339 e. The maximum Gasteiger partial charge on any atom is 0.185 e. The number of benzene rings is 1. The Morgan fingerprint density at radius 2 is 2.00 bits per heavy atom. The molecule has 0 bridgehead atoms. The van der Waals surface area contributed by atoms with Gasteiger partial charge in [-0.1, -0.05) is 15.9 Å². The number of nitrogens with zero attached hydrogens (tertiary/aromatic N) is 2. The molecule has 20 heavy (non-hydrogen) atoms. The Hall–Kier alpha value is -2.12. The van der Waals surface area contributed by atoms with Gasteiger partial charge in [0.25, 0.3) is 0 Å². The molecule has 2 aromatic rings. The second-order valence-corrected chi connectivity index (χ2v) is 5.36. The maximum absolute atomic E-state index is 12.0. The zero-order chi connectivity index (χ0) is 14.7. The van der Waals surface area contributed by atoms with Gasteiger partial charge in [0.2, 0.25) is 0 Å². The number of carbonyl (C=O) groups is 1. The van der Waals surface area contributed by atoms with Crippen LogP contribution in [0.15, 0.2) is 40.9 Å². The van der Waals surface area contributed by atoms with Crippen LogP contribution in [0.3, 0.4) is 0 Å². The lowest BCUT2D eigenvalue weighted by Crippen LogP contribution is -1.94. The molecule has 1 heterocycles. The summed E-state index contributed by atoms with van der Waals surface area (Å²) in [6.07, 6.45) is 3.28. The number of rotatable bonds is 3. The molecule has 0 spiro atoms. The Labute approximate surface area is 126 Å². The number of hydrogen-bond donors (Lipinski definition) is 0. The van der Waals surface area contributed by atoms with Crippen LogP contribution in [0.5, 0.6) is 0 Å². The van der Waals surface area contributed by atoms with Crippen LogP contribution >= 0.6 is 15.9 Å². The summed E-state index contributed by atoms with van der Waals surface area (Å²) < 4.78 is 2.75. The summed E-state index contributed by atoms with van der Waals surface area (Å²) in [5.41, 5.74) is 3.06. The second kappa shape index (κ2) is 5.89. The van der Waals surface area contributed by atoms with Gasteiger partial charge in [0.05, 0.1) is 0 Å². The Morgan fingerprint density at radius 1 is 1.35 bits per heavy atom. The molecule has 2 rings (SSSR count). The van der Waals surface area contributed by atoms with Crippen molar-refractivity contribution < 1.29 is 4.79 Å². The summed E-state index contributed by atoms with van der Waals surface area (Å²) in [6.45, 7) is 1.92. The molecule has 0 fully saturated rings. The van der Waals surface area contributed by atoms with Gasteiger partial charge in [-0.05, 0) is 55.0 Å². The molecule has 0 unspecified atom stereocenters. The van der Waals surface area contributed by atoms with Gasteiger partial charge >= 0.3 is 0 Å². The fraction of sp³-hybridized carbons (Fsp3) is 0.125. The van der Waals surface area contributed by atoms with E-state index in [-0.39, 0.29) is 5.78 Å². The first-order valence-electron chi connectivity index (χ1n) is 6.07. The molecule has 0 saturated heterocycles.